The largest absolute Gasteiger partial charge is 0.467 e. The molecule has 1 N–H and O–H groups in total. The molecule has 2 aliphatic rings. The van der Waals surface area contributed by atoms with Crippen LogP contribution in [0, 0.1) is 5.92 Å². The van der Waals surface area contributed by atoms with Gasteiger partial charge in [0.1, 0.15) is 11.8 Å². The highest BCUT2D eigenvalue weighted by Crippen LogP contribution is 2.31. The van der Waals surface area contributed by atoms with Crippen LogP contribution in [0.3, 0.4) is 0 Å². The monoisotopic (exact) mass is 398 g/mol. The number of hydrogen-bond acceptors (Lipinski definition) is 9. The number of guanidine groups is 1. The lowest BCUT2D eigenvalue weighted by atomic mass is 9.95. The lowest BCUT2D eigenvalue weighted by molar-refractivity contribution is -0.153. The molecule has 0 spiro atoms. The van der Waals surface area contributed by atoms with Crippen LogP contribution in [0.2, 0.25) is 0 Å². The van der Waals surface area contributed by atoms with Gasteiger partial charge in [0.05, 0.1) is 12.9 Å². The molecule has 2 aromatic rings. The van der Waals surface area contributed by atoms with Crippen molar-refractivity contribution >= 4 is 23.8 Å². The zero-order valence-corrected chi connectivity index (χ0v) is 16.0. The summed E-state index contributed by atoms with van der Waals surface area (Å²) in [6, 6.07) is 4.43. The van der Waals surface area contributed by atoms with Gasteiger partial charge in [-0.05, 0) is 25.1 Å². The Kier molecular flexibility index (Phi) is 5.41. The molecule has 1 fully saturated rings. The maximum absolute atomic E-state index is 12.8. The number of esters is 1. The van der Waals surface area contributed by atoms with Crippen molar-refractivity contribution in [2.45, 2.75) is 13.0 Å². The Labute approximate surface area is 167 Å². The van der Waals surface area contributed by atoms with E-state index >= 15 is 0 Å². The average molecular weight is 398 g/mol. The van der Waals surface area contributed by atoms with E-state index in [-0.39, 0.29) is 6.61 Å². The van der Waals surface area contributed by atoms with Crippen molar-refractivity contribution < 1.29 is 18.7 Å². The first kappa shape index (κ1) is 18.9. The summed E-state index contributed by atoms with van der Waals surface area (Å²) in [5.41, 5.74) is 0. The maximum atomic E-state index is 12.8. The van der Waals surface area contributed by atoms with Crippen molar-refractivity contribution in [2.75, 3.05) is 37.7 Å². The Hall–Kier alpha value is -3.43. The zero-order valence-electron chi connectivity index (χ0n) is 16.0. The highest BCUT2D eigenvalue weighted by molar-refractivity contribution is 6.08. The Morgan fingerprint density at radius 1 is 1.21 bits per heavy atom. The van der Waals surface area contributed by atoms with Gasteiger partial charge in [-0.1, -0.05) is 0 Å². The number of carbonyl (C=O) groups excluding carboxylic acids is 2. The van der Waals surface area contributed by atoms with Crippen LogP contribution < -0.4 is 10.2 Å². The van der Waals surface area contributed by atoms with E-state index in [0.29, 0.717) is 43.8 Å². The summed E-state index contributed by atoms with van der Waals surface area (Å²) < 4.78 is 10.5. The van der Waals surface area contributed by atoms with Crippen molar-refractivity contribution in [3.8, 4) is 0 Å². The average Bonchev–Trinajstić information content (AvgIpc) is 3.29. The standard InChI is InChI=1S/C19H22N6O4/c1-2-28-17(27)14-15(13-5-3-12-29-13)22-19(23-16(14)26)25-10-8-24(9-11-25)18-20-6-4-7-21-18/h3-7,12,14-15H,2,8-11H2,1H3,(H,22,23,26)/t14-,15+/m1/s1. The molecule has 10 nitrogen and oxygen atoms in total. The number of nitrogens with zero attached hydrogens (tertiary/aromatic N) is 5. The lowest BCUT2D eigenvalue weighted by Crippen LogP contribution is -2.57. The number of ether oxygens (including phenoxy) is 1. The first-order chi connectivity index (χ1) is 14.2. The maximum Gasteiger partial charge on any atom is 0.321 e. The Balaban J connectivity index is 1.53. The van der Waals surface area contributed by atoms with Gasteiger partial charge in [-0.25, -0.2) is 15.0 Å². The number of nitrogens with one attached hydrogen (secondary N) is 1. The third-order valence-corrected chi connectivity index (χ3v) is 4.88. The predicted molar refractivity (Wildman–Crippen MR) is 103 cm³/mol. The van der Waals surface area contributed by atoms with Gasteiger partial charge in [0.25, 0.3) is 0 Å². The molecule has 0 radical (unpaired) electrons. The van der Waals surface area contributed by atoms with E-state index < -0.39 is 23.8 Å². The SMILES string of the molecule is CCOC(=O)[C@H]1C(=O)NC(N2CCN(c3ncccn3)CC2)=N[C@H]1c1ccco1. The smallest absolute Gasteiger partial charge is 0.321 e. The first-order valence-electron chi connectivity index (χ1n) is 9.53. The Morgan fingerprint density at radius 2 is 1.93 bits per heavy atom. The first-order valence-corrected chi connectivity index (χ1v) is 9.53. The minimum Gasteiger partial charge on any atom is -0.467 e. The number of anilines is 1. The molecule has 4 rings (SSSR count). The molecule has 1 saturated heterocycles. The highest BCUT2D eigenvalue weighted by Gasteiger charge is 2.43. The van der Waals surface area contributed by atoms with Crippen molar-refractivity contribution in [3.05, 3.63) is 42.6 Å². The molecule has 1 amide bonds. The van der Waals surface area contributed by atoms with Crippen LogP contribution in [0.15, 0.2) is 46.3 Å². The third-order valence-electron chi connectivity index (χ3n) is 4.88. The van der Waals surface area contributed by atoms with E-state index in [1.54, 1.807) is 37.5 Å². The minimum atomic E-state index is -1.08. The fourth-order valence-corrected chi connectivity index (χ4v) is 3.46. The predicted octanol–water partition coefficient (Wildman–Crippen LogP) is 0.598. The summed E-state index contributed by atoms with van der Waals surface area (Å²) in [7, 11) is 0. The molecule has 4 heterocycles. The van der Waals surface area contributed by atoms with Crippen LogP contribution in [0.1, 0.15) is 18.7 Å². The van der Waals surface area contributed by atoms with Crippen molar-refractivity contribution in [3.63, 3.8) is 0 Å². The van der Waals surface area contributed by atoms with E-state index in [4.69, 9.17) is 9.15 Å². The number of aromatic nitrogens is 2. The van der Waals surface area contributed by atoms with Gasteiger partial charge >= 0.3 is 5.97 Å². The van der Waals surface area contributed by atoms with Crippen LogP contribution in [-0.2, 0) is 14.3 Å². The number of amides is 1. The number of carbonyl (C=O) groups is 2. The third kappa shape index (κ3) is 3.91. The van der Waals surface area contributed by atoms with E-state index in [9.17, 15) is 9.59 Å². The van der Waals surface area contributed by atoms with Crippen LogP contribution in [0.25, 0.3) is 0 Å². The molecule has 2 atom stereocenters. The highest BCUT2D eigenvalue weighted by atomic mass is 16.5. The van der Waals surface area contributed by atoms with Crippen LogP contribution >= 0.6 is 0 Å². The summed E-state index contributed by atoms with van der Waals surface area (Å²) in [5.74, 6) is -0.567. The second kappa shape index (κ2) is 8.29. The van der Waals surface area contributed by atoms with Gasteiger partial charge in [0, 0.05) is 38.6 Å². The van der Waals surface area contributed by atoms with Crippen LogP contribution in [0.4, 0.5) is 5.95 Å². The molecule has 0 aromatic carbocycles. The van der Waals surface area contributed by atoms with Gasteiger partial charge < -0.3 is 19.0 Å². The quantitative estimate of drug-likeness (QED) is 0.588. The van der Waals surface area contributed by atoms with Gasteiger partial charge in [-0.3, -0.25) is 14.9 Å². The molecule has 152 valence electrons. The molecular weight excluding hydrogens is 376 g/mol. The molecular formula is C19H22N6O4. The zero-order chi connectivity index (χ0) is 20.2. The summed E-state index contributed by atoms with van der Waals surface area (Å²) in [6.45, 7) is 4.52. The summed E-state index contributed by atoms with van der Waals surface area (Å²) in [5, 5.41) is 2.77. The summed E-state index contributed by atoms with van der Waals surface area (Å²) in [4.78, 5) is 42.4. The molecule has 2 aromatic heterocycles. The molecule has 0 saturated carbocycles. The Morgan fingerprint density at radius 3 is 2.59 bits per heavy atom. The second-order valence-electron chi connectivity index (χ2n) is 6.65. The fourth-order valence-electron chi connectivity index (χ4n) is 3.46. The van der Waals surface area contributed by atoms with E-state index in [0.717, 1.165) is 0 Å². The van der Waals surface area contributed by atoms with Gasteiger partial charge in [0.2, 0.25) is 17.8 Å². The molecule has 10 heteroatoms. The van der Waals surface area contributed by atoms with E-state index in [1.807, 2.05) is 4.90 Å². The lowest BCUT2D eigenvalue weighted by Gasteiger charge is -2.38. The van der Waals surface area contributed by atoms with Crippen molar-refractivity contribution in [1.29, 1.82) is 0 Å². The Bertz CT molecular complexity index is 877. The number of aliphatic imine (C=N–C) groups is 1. The number of hydrogen-bond donors (Lipinski definition) is 1. The number of piperazine rings is 1. The van der Waals surface area contributed by atoms with E-state index in [1.165, 1.54) is 6.26 Å². The molecule has 2 aliphatic heterocycles. The van der Waals surface area contributed by atoms with Gasteiger partial charge in [0.15, 0.2) is 5.92 Å². The molecule has 0 bridgehead atoms. The van der Waals surface area contributed by atoms with Crippen molar-refractivity contribution in [2.24, 2.45) is 10.9 Å². The normalized spacial score (nSPS) is 22.1. The molecule has 29 heavy (non-hydrogen) atoms. The molecule has 0 unspecified atom stereocenters. The summed E-state index contributed by atoms with van der Waals surface area (Å²) >= 11 is 0. The number of furan rings is 1. The van der Waals surface area contributed by atoms with Crippen LogP contribution in [-0.4, -0.2) is 65.5 Å². The van der Waals surface area contributed by atoms with Crippen molar-refractivity contribution in [1.82, 2.24) is 20.2 Å². The topological polar surface area (TPSA) is 113 Å². The van der Waals surface area contributed by atoms with Gasteiger partial charge in [-0.15, -0.1) is 0 Å². The van der Waals surface area contributed by atoms with E-state index in [2.05, 4.69) is 25.2 Å². The molecule has 0 aliphatic carbocycles. The van der Waals surface area contributed by atoms with Gasteiger partial charge in [-0.2, -0.15) is 0 Å². The fraction of sp³-hybridized carbons (Fsp3) is 0.421. The summed E-state index contributed by atoms with van der Waals surface area (Å²) in [6.07, 6.45) is 4.92. The second-order valence-corrected chi connectivity index (χ2v) is 6.65. The number of rotatable bonds is 4. The van der Waals surface area contributed by atoms with Crippen LogP contribution in [0.5, 0.6) is 0 Å². The minimum absolute atomic E-state index is 0.188.